The molecule has 0 aliphatic heterocycles. The van der Waals surface area contributed by atoms with Gasteiger partial charge in [0.15, 0.2) is 0 Å². The van der Waals surface area contributed by atoms with Crippen molar-refractivity contribution in [1.82, 2.24) is 0 Å². The summed E-state index contributed by atoms with van der Waals surface area (Å²) < 4.78 is 17.7. The molecule has 0 N–H and O–H groups in total. The zero-order valence-electron chi connectivity index (χ0n) is 14.5. The van der Waals surface area contributed by atoms with Crippen molar-refractivity contribution in [3.63, 3.8) is 0 Å². The SMILES string of the molecule is CCO[Si](OCC)(OCC)C(C)[c-]1cccc1.[Fe].[cH-]1[cH-][cH-][cH-][cH-]1. The third-order valence-electron chi connectivity index (χ3n) is 3.31. The zero-order chi connectivity index (χ0) is 16.3. The molecule has 0 radical (unpaired) electrons. The molecule has 136 valence electrons. The number of rotatable bonds is 8. The molecule has 1 unspecified atom stereocenters. The molecule has 23 heavy (non-hydrogen) atoms. The van der Waals surface area contributed by atoms with Crippen LogP contribution in [0.25, 0.3) is 0 Å². The van der Waals surface area contributed by atoms with E-state index in [-0.39, 0.29) is 22.6 Å². The summed E-state index contributed by atoms with van der Waals surface area (Å²) in [6.07, 6.45) is 0. The van der Waals surface area contributed by atoms with E-state index in [2.05, 4.69) is 19.1 Å². The van der Waals surface area contributed by atoms with Crippen LogP contribution in [0.3, 0.4) is 0 Å². The topological polar surface area (TPSA) is 27.7 Å². The Hall–Kier alpha value is -0.684. The van der Waals surface area contributed by atoms with E-state index in [0.29, 0.717) is 19.8 Å². The van der Waals surface area contributed by atoms with Crippen LogP contribution in [0.2, 0.25) is 0 Å². The van der Waals surface area contributed by atoms with Gasteiger partial charge in [-0.25, -0.2) is 12.1 Å². The van der Waals surface area contributed by atoms with Crippen LogP contribution in [0.15, 0.2) is 54.6 Å². The standard InChI is InChI=1S/C13H23O3Si.C5H5.Fe/c1-5-14-17(15-6-2,16-7-3)12(4)13-10-8-9-11-13;1-2-4-5-3-1;/h8-12H,5-7H2,1-4H3;1-5H;/q-1;-5;. The minimum Gasteiger partial charge on any atom is -0.748 e. The molecule has 0 spiro atoms. The molecular weight excluding hydrogens is 348 g/mol. The first-order chi connectivity index (χ1) is 10.7. The summed E-state index contributed by atoms with van der Waals surface area (Å²) in [4.78, 5) is 0. The summed E-state index contributed by atoms with van der Waals surface area (Å²) in [7, 11) is -2.60. The predicted octanol–water partition coefficient (Wildman–Crippen LogP) is 4.50. The van der Waals surface area contributed by atoms with Gasteiger partial charge in [0.2, 0.25) is 0 Å². The minimum absolute atomic E-state index is 0. The summed E-state index contributed by atoms with van der Waals surface area (Å²) in [5, 5.41) is 0. The summed E-state index contributed by atoms with van der Waals surface area (Å²) in [6.45, 7) is 9.95. The first-order valence-corrected chi connectivity index (χ1v) is 9.80. The second-order valence-corrected chi connectivity index (χ2v) is 7.74. The van der Waals surface area contributed by atoms with Gasteiger partial charge in [0.1, 0.15) is 0 Å². The molecule has 2 aromatic carbocycles. The molecule has 3 nitrogen and oxygen atoms in total. The van der Waals surface area contributed by atoms with Crippen LogP contribution >= 0.6 is 0 Å². The fourth-order valence-corrected chi connectivity index (χ4v) is 5.11. The van der Waals surface area contributed by atoms with Gasteiger partial charge in [0, 0.05) is 42.4 Å². The Balaban J connectivity index is 0.000000684. The summed E-state index contributed by atoms with van der Waals surface area (Å²) >= 11 is 0. The van der Waals surface area contributed by atoms with Gasteiger partial charge in [-0.2, -0.15) is 17.7 Å². The van der Waals surface area contributed by atoms with Crippen molar-refractivity contribution in [2.45, 2.75) is 33.2 Å². The van der Waals surface area contributed by atoms with Gasteiger partial charge in [-0.15, -0.1) is 0 Å². The third kappa shape index (κ3) is 7.17. The van der Waals surface area contributed by atoms with Gasteiger partial charge in [-0.05, 0) is 20.8 Å². The molecule has 0 fully saturated rings. The van der Waals surface area contributed by atoms with Crippen LogP contribution < -0.4 is 0 Å². The van der Waals surface area contributed by atoms with E-state index in [1.807, 2.05) is 63.2 Å². The molecule has 0 aromatic heterocycles. The Labute approximate surface area is 152 Å². The average Bonchev–Trinajstić information content (AvgIpc) is 3.23. The van der Waals surface area contributed by atoms with E-state index in [1.165, 1.54) is 5.56 Å². The Morgan fingerprint density at radius 3 is 1.48 bits per heavy atom. The average molecular weight is 376 g/mol. The van der Waals surface area contributed by atoms with Gasteiger partial charge in [-0.1, -0.05) is 6.92 Å². The van der Waals surface area contributed by atoms with Gasteiger partial charge in [0.25, 0.3) is 0 Å². The van der Waals surface area contributed by atoms with Crippen molar-refractivity contribution in [1.29, 1.82) is 0 Å². The second kappa shape index (κ2) is 12.7. The third-order valence-corrected chi connectivity index (χ3v) is 6.78. The normalized spacial score (nSPS) is 12.0. The fraction of sp³-hybridized carbons (Fsp3) is 0.444. The minimum atomic E-state index is -2.60. The first kappa shape index (κ1) is 22.3. The van der Waals surface area contributed by atoms with Crippen LogP contribution in [-0.4, -0.2) is 28.6 Å². The molecule has 0 aliphatic carbocycles. The molecule has 0 aliphatic rings. The molecule has 0 heterocycles. The van der Waals surface area contributed by atoms with E-state index < -0.39 is 8.80 Å². The van der Waals surface area contributed by atoms with E-state index in [4.69, 9.17) is 13.3 Å². The Morgan fingerprint density at radius 1 is 0.826 bits per heavy atom. The monoisotopic (exact) mass is 376 g/mol. The molecule has 2 rings (SSSR count). The van der Waals surface area contributed by atoms with Crippen molar-refractivity contribution in [3.05, 3.63) is 60.2 Å². The molecule has 0 saturated heterocycles. The molecule has 0 saturated carbocycles. The maximum atomic E-state index is 5.89. The maximum absolute atomic E-state index is 5.89. The van der Waals surface area contributed by atoms with Crippen LogP contribution in [0.4, 0.5) is 0 Å². The van der Waals surface area contributed by atoms with Crippen molar-refractivity contribution in [3.8, 4) is 0 Å². The van der Waals surface area contributed by atoms with Crippen molar-refractivity contribution < 1.29 is 30.3 Å². The molecule has 5 heteroatoms. The van der Waals surface area contributed by atoms with Crippen LogP contribution in [-0.2, 0) is 30.3 Å². The van der Waals surface area contributed by atoms with E-state index in [0.717, 1.165) is 0 Å². The summed E-state index contributed by atoms with van der Waals surface area (Å²) in [6, 6.07) is 18.3. The predicted molar refractivity (Wildman–Crippen MR) is 93.1 cm³/mol. The summed E-state index contributed by atoms with van der Waals surface area (Å²) in [5.74, 6) is 0. The number of hydrogen-bond acceptors (Lipinski definition) is 3. The molecule has 2 aromatic rings. The zero-order valence-corrected chi connectivity index (χ0v) is 16.6. The Kier molecular flexibility index (Phi) is 12.3. The van der Waals surface area contributed by atoms with Crippen molar-refractivity contribution in [2.75, 3.05) is 19.8 Å². The van der Waals surface area contributed by atoms with Gasteiger partial charge in [0.05, 0.1) is 0 Å². The van der Waals surface area contributed by atoms with Gasteiger partial charge >= 0.3 is 8.80 Å². The largest absolute Gasteiger partial charge is 0.748 e. The van der Waals surface area contributed by atoms with Crippen molar-refractivity contribution >= 4 is 8.80 Å². The fourth-order valence-electron chi connectivity index (χ4n) is 2.31. The van der Waals surface area contributed by atoms with Gasteiger partial charge in [-0.3, -0.25) is 0 Å². The van der Waals surface area contributed by atoms with Gasteiger partial charge < -0.3 is 43.6 Å². The first-order valence-electron chi connectivity index (χ1n) is 8.00. The summed E-state index contributed by atoms with van der Waals surface area (Å²) in [5.41, 5.74) is 1.41. The van der Waals surface area contributed by atoms with Crippen molar-refractivity contribution in [2.24, 2.45) is 0 Å². The second-order valence-electron chi connectivity index (χ2n) is 4.80. The quantitative estimate of drug-likeness (QED) is 0.502. The molecule has 0 amide bonds. The molecular formula is C18H28FeO3Si-6. The smallest absolute Gasteiger partial charge is 0.496 e. The maximum Gasteiger partial charge on any atom is 0.496 e. The molecule has 1 atom stereocenters. The molecule has 0 bridgehead atoms. The Bertz CT molecular complexity index is 422. The Morgan fingerprint density at radius 2 is 1.17 bits per heavy atom. The van der Waals surface area contributed by atoms with Crippen LogP contribution in [0.5, 0.6) is 0 Å². The van der Waals surface area contributed by atoms with E-state index in [1.54, 1.807) is 0 Å². The van der Waals surface area contributed by atoms with E-state index in [9.17, 15) is 0 Å². The number of hydrogen-bond donors (Lipinski definition) is 0. The van der Waals surface area contributed by atoms with Crippen LogP contribution in [0.1, 0.15) is 38.8 Å². The van der Waals surface area contributed by atoms with Crippen LogP contribution in [0, 0.1) is 0 Å². The van der Waals surface area contributed by atoms with E-state index >= 15 is 0 Å².